The summed E-state index contributed by atoms with van der Waals surface area (Å²) in [4.78, 5) is 2.02. The molecule has 1 N–H and O–H groups in total. The molecule has 0 aliphatic rings. The summed E-state index contributed by atoms with van der Waals surface area (Å²) in [6, 6.07) is 19.9. The lowest BCUT2D eigenvalue weighted by Gasteiger charge is -2.24. The van der Waals surface area contributed by atoms with E-state index >= 15 is 0 Å². The summed E-state index contributed by atoms with van der Waals surface area (Å²) in [7, 11) is 0. The third kappa shape index (κ3) is 2.88. The Morgan fingerprint density at radius 1 is 0.882 bits per heavy atom. The van der Waals surface area contributed by atoms with Crippen LogP contribution in [0.4, 0.5) is 11.4 Å². The SMILES string of the molecule is C=C(O)CN(c1ccccc1)c1ccccc1. The maximum absolute atomic E-state index is 9.41. The lowest BCUT2D eigenvalue weighted by molar-refractivity contribution is 0.405. The first-order valence-electron chi connectivity index (χ1n) is 5.52. The highest BCUT2D eigenvalue weighted by atomic mass is 16.3. The van der Waals surface area contributed by atoms with Crippen LogP contribution in [0.2, 0.25) is 0 Å². The number of benzene rings is 2. The zero-order chi connectivity index (χ0) is 12.1. The molecule has 0 heterocycles. The summed E-state index contributed by atoms with van der Waals surface area (Å²) in [5, 5.41) is 9.41. The molecule has 2 aromatic rings. The smallest absolute Gasteiger partial charge is 0.105 e. The first-order chi connectivity index (χ1) is 8.27. The summed E-state index contributed by atoms with van der Waals surface area (Å²) in [5.74, 6) is 0.151. The highest BCUT2D eigenvalue weighted by Crippen LogP contribution is 2.25. The fourth-order valence-electron chi connectivity index (χ4n) is 1.73. The van der Waals surface area contributed by atoms with Crippen LogP contribution in [-0.2, 0) is 0 Å². The van der Waals surface area contributed by atoms with Crippen molar-refractivity contribution < 1.29 is 5.11 Å². The molecule has 86 valence electrons. The van der Waals surface area contributed by atoms with Gasteiger partial charge in [-0.1, -0.05) is 43.0 Å². The van der Waals surface area contributed by atoms with Crippen molar-refractivity contribution in [2.24, 2.45) is 0 Å². The number of rotatable bonds is 4. The van der Waals surface area contributed by atoms with Gasteiger partial charge < -0.3 is 10.0 Å². The Morgan fingerprint density at radius 3 is 1.65 bits per heavy atom. The minimum absolute atomic E-state index is 0.151. The Balaban J connectivity index is 2.36. The third-order valence-corrected chi connectivity index (χ3v) is 2.48. The summed E-state index contributed by atoms with van der Waals surface area (Å²) >= 11 is 0. The molecule has 0 saturated heterocycles. The summed E-state index contributed by atoms with van der Waals surface area (Å²) in [5.41, 5.74) is 2.07. The van der Waals surface area contributed by atoms with Gasteiger partial charge in [-0.25, -0.2) is 0 Å². The normalized spacial score (nSPS) is 9.88. The van der Waals surface area contributed by atoms with E-state index in [-0.39, 0.29) is 5.76 Å². The van der Waals surface area contributed by atoms with Gasteiger partial charge in [0, 0.05) is 11.4 Å². The first kappa shape index (κ1) is 11.3. The molecule has 17 heavy (non-hydrogen) atoms. The molecule has 0 unspecified atom stereocenters. The Hall–Kier alpha value is -2.22. The van der Waals surface area contributed by atoms with Crippen LogP contribution < -0.4 is 4.90 Å². The van der Waals surface area contributed by atoms with Crippen molar-refractivity contribution in [1.82, 2.24) is 0 Å². The van der Waals surface area contributed by atoms with Crippen molar-refractivity contribution in [1.29, 1.82) is 0 Å². The van der Waals surface area contributed by atoms with Crippen LogP contribution in [0.1, 0.15) is 0 Å². The minimum atomic E-state index is 0.151. The summed E-state index contributed by atoms with van der Waals surface area (Å²) in [6.07, 6.45) is 0. The van der Waals surface area contributed by atoms with E-state index in [1.165, 1.54) is 0 Å². The maximum atomic E-state index is 9.41. The van der Waals surface area contributed by atoms with Gasteiger partial charge in [-0.05, 0) is 24.3 Å². The van der Waals surface area contributed by atoms with Gasteiger partial charge in [-0.15, -0.1) is 0 Å². The van der Waals surface area contributed by atoms with Gasteiger partial charge >= 0.3 is 0 Å². The van der Waals surface area contributed by atoms with Crippen molar-refractivity contribution in [3.8, 4) is 0 Å². The maximum Gasteiger partial charge on any atom is 0.105 e. The average molecular weight is 225 g/mol. The quantitative estimate of drug-likeness (QED) is 0.798. The van der Waals surface area contributed by atoms with Gasteiger partial charge in [0.25, 0.3) is 0 Å². The van der Waals surface area contributed by atoms with Crippen molar-refractivity contribution in [2.75, 3.05) is 11.4 Å². The van der Waals surface area contributed by atoms with Crippen LogP contribution in [0.15, 0.2) is 73.0 Å². The molecule has 2 heteroatoms. The summed E-state index contributed by atoms with van der Waals surface area (Å²) in [6.45, 7) is 3.96. The average Bonchev–Trinajstić information content (AvgIpc) is 2.38. The number of para-hydroxylation sites is 2. The van der Waals surface area contributed by atoms with Crippen LogP contribution in [0.25, 0.3) is 0 Å². The predicted octanol–water partition coefficient (Wildman–Crippen LogP) is 3.90. The van der Waals surface area contributed by atoms with E-state index in [0.29, 0.717) is 6.54 Å². The Kier molecular flexibility index (Phi) is 3.46. The lowest BCUT2D eigenvalue weighted by Crippen LogP contribution is -2.19. The predicted molar refractivity (Wildman–Crippen MR) is 71.7 cm³/mol. The van der Waals surface area contributed by atoms with Crippen LogP contribution in [0, 0.1) is 0 Å². The number of aliphatic hydroxyl groups is 1. The number of hydrogen-bond acceptors (Lipinski definition) is 2. The zero-order valence-electron chi connectivity index (χ0n) is 9.58. The second kappa shape index (κ2) is 5.21. The van der Waals surface area contributed by atoms with Gasteiger partial charge in [-0.2, -0.15) is 0 Å². The molecule has 0 aliphatic carbocycles. The molecule has 2 rings (SSSR count). The third-order valence-electron chi connectivity index (χ3n) is 2.48. The van der Waals surface area contributed by atoms with Crippen molar-refractivity contribution >= 4 is 11.4 Å². The largest absolute Gasteiger partial charge is 0.511 e. The van der Waals surface area contributed by atoms with E-state index in [1.54, 1.807) is 0 Å². The Labute approximate surface area is 101 Å². The van der Waals surface area contributed by atoms with Crippen molar-refractivity contribution in [3.63, 3.8) is 0 Å². The van der Waals surface area contributed by atoms with Crippen molar-refractivity contribution in [2.45, 2.75) is 0 Å². The van der Waals surface area contributed by atoms with E-state index in [4.69, 9.17) is 0 Å². The van der Waals surface area contributed by atoms with Crippen LogP contribution >= 0.6 is 0 Å². The molecule has 2 nitrogen and oxygen atoms in total. The first-order valence-corrected chi connectivity index (χ1v) is 5.52. The van der Waals surface area contributed by atoms with Crippen LogP contribution in [0.5, 0.6) is 0 Å². The fourth-order valence-corrected chi connectivity index (χ4v) is 1.73. The van der Waals surface area contributed by atoms with Gasteiger partial charge in [0.15, 0.2) is 0 Å². The van der Waals surface area contributed by atoms with E-state index in [0.717, 1.165) is 11.4 Å². The van der Waals surface area contributed by atoms with E-state index in [2.05, 4.69) is 6.58 Å². The molecule has 0 radical (unpaired) electrons. The molecule has 2 aromatic carbocycles. The number of anilines is 2. The Morgan fingerprint density at radius 2 is 1.29 bits per heavy atom. The minimum Gasteiger partial charge on any atom is -0.511 e. The van der Waals surface area contributed by atoms with E-state index < -0.39 is 0 Å². The fraction of sp³-hybridized carbons (Fsp3) is 0.0667. The van der Waals surface area contributed by atoms with Gasteiger partial charge in [0.1, 0.15) is 5.76 Å². The van der Waals surface area contributed by atoms with Crippen molar-refractivity contribution in [3.05, 3.63) is 73.0 Å². The molecule has 0 fully saturated rings. The lowest BCUT2D eigenvalue weighted by atomic mass is 10.2. The second-order valence-electron chi connectivity index (χ2n) is 3.82. The van der Waals surface area contributed by atoms with E-state index in [1.807, 2.05) is 65.6 Å². The molecule has 0 bridgehead atoms. The Bertz CT molecular complexity index is 439. The second-order valence-corrected chi connectivity index (χ2v) is 3.82. The molecule has 0 aliphatic heterocycles. The standard InChI is InChI=1S/C15H15NO/c1-13(17)12-16(14-8-4-2-5-9-14)15-10-6-3-7-11-15/h2-11,17H,1,12H2. The highest BCUT2D eigenvalue weighted by Gasteiger charge is 2.09. The molecule has 0 atom stereocenters. The molecule has 0 aromatic heterocycles. The van der Waals surface area contributed by atoms with Gasteiger partial charge in [0.2, 0.25) is 0 Å². The molecule has 0 saturated carbocycles. The highest BCUT2D eigenvalue weighted by molar-refractivity contribution is 5.63. The number of hydrogen-bond donors (Lipinski definition) is 1. The molecular weight excluding hydrogens is 210 g/mol. The summed E-state index contributed by atoms with van der Waals surface area (Å²) < 4.78 is 0. The van der Waals surface area contributed by atoms with Gasteiger partial charge in [-0.3, -0.25) is 0 Å². The zero-order valence-corrected chi connectivity index (χ0v) is 9.58. The van der Waals surface area contributed by atoms with Crippen LogP contribution in [0.3, 0.4) is 0 Å². The number of nitrogens with zero attached hydrogens (tertiary/aromatic N) is 1. The number of aliphatic hydroxyl groups excluding tert-OH is 1. The van der Waals surface area contributed by atoms with Crippen LogP contribution in [-0.4, -0.2) is 11.7 Å². The molecule has 0 spiro atoms. The van der Waals surface area contributed by atoms with Gasteiger partial charge in [0.05, 0.1) is 6.54 Å². The van der Waals surface area contributed by atoms with E-state index in [9.17, 15) is 5.11 Å². The molecular formula is C15H15NO. The molecule has 0 amide bonds. The topological polar surface area (TPSA) is 23.5 Å². The monoisotopic (exact) mass is 225 g/mol.